The van der Waals surface area contributed by atoms with E-state index in [2.05, 4.69) is 156 Å². The number of hydrogen-bond acceptors (Lipinski definition) is 1. The molecule has 46 heavy (non-hydrogen) atoms. The lowest BCUT2D eigenvalue weighted by molar-refractivity contribution is 0.487. The van der Waals surface area contributed by atoms with Crippen molar-refractivity contribution in [3.8, 4) is 50.6 Å². The summed E-state index contributed by atoms with van der Waals surface area (Å²) in [6.07, 6.45) is 0. The van der Waals surface area contributed by atoms with Gasteiger partial charge in [-0.1, -0.05) is 127 Å². The van der Waals surface area contributed by atoms with Gasteiger partial charge in [-0.05, 0) is 74.8 Å². The van der Waals surface area contributed by atoms with Crippen molar-refractivity contribution in [2.75, 3.05) is 0 Å². The van der Waals surface area contributed by atoms with Crippen LogP contribution in [0.3, 0.4) is 0 Å². The van der Waals surface area contributed by atoms with Gasteiger partial charge in [-0.2, -0.15) is 0 Å². The average Bonchev–Trinajstić information content (AvgIpc) is 3.45. The van der Waals surface area contributed by atoms with E-state index in [4.69, 9.17) is 4.74 Å². The summed E-state index contributed by atoms with van der Waals surface area (Å²) in [6.45, 7) is 0. The molecule has 0 atom stereocenters. The van der Waals surface area contributed by atoms with E-state index in [1.807, 2.05) is 12.1 Å². The first-order valence-electron chi connectivity index (χ1n) is 15.8. The molecule has 2 heterocycles. The second-order valence-corrected chi connectivity index (χ2v) is 12.1. The van der Waals surface area contributed by atoms with Crippen LogP contribution in [-0.4, -0.2) is 4.57 Å². The van der Waals surface area contributed by atoms with Gasteiger partial charge in [-0.15, -0.1) is 0 Å². The smallest absolute Gasteiger partial charge is 0.135 e. The summed E-state index contributed by atoms with van der Waals surface area (Å²) in [4.78, 5) is 0. The fraction of sp³-hybridized carbons (Fsp3) is 0. The number of benzene rings is 8. The maximum absolute atomic E-state index is 6.37. The molecule has 2 nitrogen and oxygen atoms in total. The normalized spacial score (nSPS) is 12.1. The highest BCUT2D eigenvalue weighted by molar-refractivity contribution is 6.21. The first-order chi connectivity index (χ1) is 22.8. The highest BCUT2D eigenvalue weighted by atomic mass is 16.5. The highest BCUT2D eigenvalue weighted by Crippen LogP contribution is 2.49. The van der Waals surface area contributed by atoms with Gasteiger partial charge >= 0.3 is 0 Å². The van der Waals surface area contributed by atoms with Gasteiger partial charge in [0.2, 0.25) is 0 Å². The third-order valence-electron chi connectivity index (χ3n) is 9.58. The number of rotatable bonds is 3. The van der Waals surface area contributed by atoms with Gasteiger partial charge in [0.25, 0.3) is 0 Å². The van der Waals surface area contributed by atoms with Crippen LogP contribution in [0, 0.1) is 0 Å². The number of fused-ring (bicyclic) bond motifs is 6. The van der Waals surface area contributed by atoms with Gasteiger partial charge in [0, 0.05) is 33.0 Å². The van der Waals surface area contributed by atoms with Gasteiger partial charge in [0.15, 0.2) is 0 Å². The van der Waals surface area contributed by atoms with Crippen LogP contribution in [0.2, 0.25) is 0 Å². The Bertz CT molecular complexity index is 2650. The SMILES string of the molecule is c1ccc(-n2c3ccccc3c3cc4ccccc4c(-c4ccc(-c5ccc6c7c(cccc57)-c5ccccc5O6)cc4)c32)cc1. The monoisotopic (exact) mass is 585 g/mol. The molecule has 1 aliphatic rings. The van der Waals surface area contributed by atoms with Crippen molar-refractivity contribution in [3.05, 3.63) is 164 Å². The Labute approximate surface area is 266 Å². The van der Waals surface area contributed by atoms with Crippen LogP contribution < -0.4 is 4.74 Å². The molecule has 8 aromatic carbocycles. The molecule has 0 aliphatic carbocycles. The molecule has 0 amide bonds. The first-order valence-corrected chi connectivity index (χ1v) is 15.8. The van der Waals surface area contributed by atoms with Crippen molar-refractivity contribution < 1.29 is 4.74 Å². The summed E-state index contributed by atoms with van der Waals surface area (Å²) >= 11 is 0. The Kier molecular flexibility index (Phi) is 5.31. The minimum atomic E-state index is 0.911. The Balaban J connectivity index is 1.21. The predicted octanol–water partition coefficient (Wildman–Crippen LogP) is 12.2. The molecule has 0 N–H and O–H groups in total. The van der Waals surface area contributed by atoms with E-state index in [1.165, 1.54) is 71.2 Å². The van der Waals surface area contributed by atoms with Crippen molar-refractivity contribution in [2.24, 2.45) is 0 Å². The summed E-state index contributed by atoms with van der Waals surface area (Å²) in [7, 11) is 0. The van der Waals surface area contributed by atoms with Crippen molar-refractivity contribution in [1.29, 1.82) is 0 Å². The second kappa shape index (κ2) is 9.69. The lowest BCUT2D eigenvalue weighted by Crippen LogP contribution is -1.97. The molecule has 10 rings (SSSR count). The first kappa shape index (κ1) is 25.2. The van der Waals surface area contributed by atoms with Gasteiger partial charge in [0.05, 0.1) is 11.0 Å². The van der Waals surface area contributed by atoms with Gasteiger partial charge < -0.3 is 9.30 Å². The van der Waals surface area contributed by atoms with Crippen molar-refractivity contribution in [1.82, 2.24) is 4.57 Å². The predicted molar refractivity (Wildman–Crippen MR) is 192 cm³/mol. The quantitative estimate of drug-likeness (QED) is 0.201. The Hall–Kier alpha value is -6.12. The van der Waals surface area contributed by atoms with Crippen molar-refractivity contribution >= 4 is 43.4 Å². The fourth-order valence-corrected chi connectivity index (χ4v) is 7.58. The van der Waals surface area contributed by atoms with Gasteiger partial charge in [-0.3, -0.25) is 0 Å². The van der Waals surface area contributed by atoms with E-state index in [0.29, 0.717) is 0 Å². The minimum Gasteiger partial charge on any atom is -0.456 e. The largest absolute Gasteiger partial charge is 0.456 e. The van der Waals surface area contributed by atoms with Gasteiger partial charge in [0.1, 0.15) is 11.5 Å². The molecular weight excluding hydrogens is 558 g/mol. The van der Waals surface area contributed by atoms with Gasteiger partial charge in [-0.25, -0.2) is 0 Å². The molecule has 0 unspecified atom stereocenters. The van der Waals surface area contributed by atoms with Crippen LogP contribution in [-0.2, 0) is 0 Å². The molecular formula is C44H27NO. The van der Waals surface area contributed by atoms with Crippen LogP contribution in [0.5, 0.6) is 11.5 Å². The molecule has 214 valence electrons. The van der Waals surface area contributed by atoms with E-state index in [-0.39, 0.29) is 0 Å². The maximum atomic E-state index is 6.37. The molecule has 0 bridgehead atoms. The summed E-state index contributed by atoms with van der Waals surface area (Å²) in [5.74, 6) is 1.82. The van der Waals surface area contributed by atoms with E-state index >= 15 is 0 Å². The van der Waals surface area contributed by atoms with Crippen molar-refractivity contribution in [2.45, 2.75) is 0 Å². The Morgan fingerprint density at radius 1 is 0.413 bits per heavy atom. The van der Waals surface area contributed by atoms with Crippen LogP contribution in [0.4, 0.5) is 0 Å². The van der Waals surface area contributed by atoms with E-state index < -0.39 is 0 Å². The van der Waals surface area contributed by atoms with Crippen LogP contribution in [0.25, 0.3) is 82.4 Å². The molecule has 1 aliphatic heterocycles. The lowest BCUT2D eigenvalue weighted by atomic mass is 9.89. The summed E-state index contributed by atoms with van der Waals surface area (Å²) in [5, 5.41) is 7.40. The van der Waals surface area contributed by atoms with Crippen LogP contribution >= 0.6 is 0 Å². The standard InChI is InChI=1S/C44H27NO/c1-2-12-31(13-3-1)45-39-19-8-6-15-34(39)38-27-30-11-4-5-14-33(30)42(44(38)45)29-23-21-28(22-24-29)32-25-26-41-43-36(32)17-10-18-37(43)35-16-7-9-20-40(35)46-41/h1-27H. The average molecular weight is 586 g/mol. The number of para-hydroxylation sites is 3. The number of hydrogen-bond donors (Lipinski definition) is 0. The lowest BCUT2D eigenvalue weighted by Gasteiger charge is -2.22. The Morgan fingerprint density at radius 2 is 1.11 bits per heavy atom. The minimum absolute atomic E-state index is 0.911. The molecule has 0 spiro atoms. The Morgan fingerprint density at radius 3 is 2.00 bits per heavy atom. The highest BCUT2D eigenvalue weighted by Gasteiger charge is 2.22. The van der Waals surface area contributed by atoms with E-state index in [1.54, 1.807) is 0 Å². The van der Waals surface area contributed by atoms with Crippen molar-refractivity contribution in [3.63, 3.8) is 0 Å². The molecule has 0 saturated heterocycles. The fourth-order valence-electron chi connectivity index (χ4n) is 7.58. The molecule has 9 aromatic rings. The molecule has 1 aromatic heterocycles. The molecule has 2 heteroatoms. The van der Waals surface area contributed by atoms with Crippen LogP contribution in [0.1, 0.15) is 0 Å². The van der Waals surface area contributed by atoms with E-state index in [9.17, 15) is 0 Å². The maximum Gasteiger partial charge on any atom is 0.135 e. The molecule has 0 fully saturated rings. The number of nitrogens with zero attached hydrogens (tertiary/aromatic N) is 1. The zero-order valence-corrected chi connectivity index (χ0v) is 24.9. The zero-order chi connectivity index (χ0) is 30.2. The summed E-state index contributed by atoms with van der Waals surface area (Å²) in [5.41, 5.74) is 10.8. The molecule has 0 radical (unpaired) electrons. The second-order valence-electron chi connectivity index (χ2n) is 12.1. The number of aromatic nitrogens is 1. The summed E-state index contributed by atoms with van der Waals surface area (Å²) in [6, 6.07) is 59.0. The van der Waals surface area contributed by atoms with Crippen LogP contribution in [0.15, 0.2) is 164 Å². The number of ether oxygens (including phenoxy) is 1. The zero-order valence-electron chi connectivity index (χ0n) is 24.9. The topological polar surface area (TPSA) is 14.2 Å². The summed E-state index contributed by atoms with van der Waals surface area (Å²) < 4.78 is 8.80. The third-order valence-corrected chi connectivity index (χ3v) is 9.58. The third kappa shape index (κ3) is 3.59. The van der Waals surface area contributed by atoms with E-state index in [0.717, 1.165) is 22.7 Å². The molecule has 0 saturated carbocycles.